The molecule has 11 heteroatoms. The van der Waals surface area contributed by atoms with Gasteiger partial charge in [0.15, 0.2) is 5.69 Å². The van der Waals surface area contributed by atoms with Gasteiger partial charge >= 0.3 is 0 Å². The number of fused-ring (bicyclic) bond motifs is 1. The van der Waals surface area contributed by atoms with Crippen LogP contribution < -0.4 is 9.47 Å². The normalized spacial score (nSPS) is 10.9. The summed E-state index contributed by atoms with van der Waals surface area (Å²) in [6.07, 6.45) is 6.65. The fraction of sp³-hybridized carbons (Fsp3) is 0.227. The Labute approximate surface area is 198 Å². The van der Waals surface area contributed by atoms with E-state index in [4.69, 9.17) is 9.47 Å². The number of carbonyl (C=O) groups excluding carboxylic acids is 1. The van der Waals surface area contributed by atoms with Crippen molar-refractivity contribution in [2.45, 2.75) is 0 Å². The van der Waals surface area contributed by atoms with Crippen molar-refractivity contribution in [2.75, 3.05) is 27.3 Å². The minimum atomic E-state index is -0.209. The Kier molecular flexibility index (Phi) is 6.40. The predicted octanol–water partition coefficient (Wildman–Crippen LogP) is 3.32. The van der Waals surface area contributed by atoms with Gasteiger partial charge in [0.1, 0.15) is 17.0 Å². The summed E-state index contributed by atoms with van der Waals surface area (Å²) in [6, 6.07) is 3.66. The van der Waals surface area contributed by atoms with Crippen molar-refractivity contribution in [3.63, 3.8) is 0 Å². The molecule has 4 aromatic heterocycles. The standard InChI is InChI=1S/C22H22BrN7O3/c1-5-13-12-30(3)28-20(13)22(31)29(2)6-7-33-18-11-25-19(32-4)9-14(18)16-8-15-17(10-24-16)26-27-21(15)23/h5,8-12H,1,6-7H2,2-4H3,(H,26,27). The van der Waals surface area contributed by atoms with E-state index in [1.54, 1.807) is 61.5 Å². The van der Waals surface area contributed by atoms with Crippen molar-refractivity contribution >= 4 is 38.8 Å². The number of H-pyrrole nitrogens is 1. The van der Waals surface area contributed by atoms with Crippen molar-refractivity contribution in [2.24, 2.45) is 7.05 Å². The Morgan fingerprint density at radius 3 is 2.91 bits per heavy atom. The van der Waals surface area contributed by atoms with E-state index in [1.807, 2.05) is 6.07 Å². The highest BCUT2D eigenvalue weighted by molar-refractivity contribution is 9.10. The lowest BCUT2D eigenvalue weighted by molar-refractivity contribution is 0.0767. The van der Waals surface area contributed by atoms with Crippen LogP contribution in [0.15, 0.2) is 41.9 Å². The van der Waals surface area contributed by atoms with Crippen molar-refractivity contribution < 1.29 is 14.3 Å². The fourth-order valence-corrected chi connectivity index (χ4v) is 3.70. The lowest BCUT2D eigenvalue weighted by Gasteiger charge is -2.18. The molecule has 0 atom stereocenters. The number of pyridine rings is 2. The molecule has 4 rings (SSSR count). The molecule has 0 bridgehead atoms. The van der Waals surface area contributed by atoms with E-state index in [0.717, 1.165) is 10.9 Å². The molecule has 4 aromatic rings. The smallest absolute Gasteiger partial charge is 0.274 e. The first-order chi connectivity index (χ1) is 15.9. The van der Waals surface area contributed by atoms with Crippen molar-refractivity contribution in [3.05, 3.63) is 53.2 Å². The number of halogens is 1. The molecule has 0 radical (unpaired) electrons. The maximum Gasteiger partial charge on any atom is 0.274 e. The lowest BCUT2D eigenvalue weighted by Crippen LogP contribution is -2.31. The van der Waals surface area contributed by atoms with Gasteiger partial charge in [-0.25, -0.2) is 4.98 Å². The van der Waals surface area contributed by atoms with Gasteiger partial charge in [0.2, 0.25) is 5.88 Å². The molecule has 0 spiro atoms. The van der Waals surface area contributed by atoms with Crippen molar-refractivity contribution in [1.82, 2.24) is 34.8 Å². The highest BCUT2D eigenvalue weighted by atomic mass is 79.9. The number of hydrogen-bond acceptors (Lipinski definition) is 7. The molecule has 0 unspecified atom stereocenters. The number of carbonyl (C=O) groups is 1. The average molecular weight is 512 g/mol. The van der Waals surface area contributed by atoms with E-state index >= 15 is 0 Å². The van der Waals surface area contributed by atoms with E-state index < -0.39 is 0 Å². The van der Waals surface area contributed by atoms with Gasteiger partial charge in [-0.1, -0.05) is 12.7 Å². The quantitative estimate of drug-likeness (QED) is 0.386. The number of amides is 1. The number of aromatic amines is 1. The molecule has 0 aromatic carbocycles. The van der Waals surface area contributed by atoms with E-state index in [9.17, 15) is 4.79 Å². The zero-order valence-corrected chi connectivity index (χ0v) is 20.0. The van der Waals surface area contributed by atoms with Gasteiger partial charge in [-0.05, 0) is 22.0 Å². The molecule has 0 saturated heterocycles. The predicted molar refractivity (Wildman–Crippen MR) is 127 cm³/mol. The van der Waals surface area contributed by atoms with Gasteiger partial charge in [-0.2, -0.15) is 10.2 Å². The zero-order valence-electron chi connectivity index (χ0n) is 18.4. The number of ether oxygens (including phenoxy) is 2. The molecule has 10 nitrogen and oxygen atoms in total. The topological polar surface area (TPSA) is 111 Å². The molecule has 33 heavy (non-hydrogen) atoms. The first kappa shape index (κ1) is 22.5. The summed E-state index contributed by atoms with van der Waals surface area (Å²) in [5.74, 6) is 0.747. The maximum absolute atomic E-state index is 12.8. The zero-order chi connectivity index (χ0) is 23.5. The molecule has 0 fully saturated rings. The van der Waals surface area contributed by atoms with Gasteiger partial charge in [-0.15, -0.1) is 0 Å². The summed E-state index contributed by atoms with van der Waals surface area (Å²) in [4.78, 5) is 23.1. The summed E-state index contributed by atoms with van der Waals surface area (Å²) < 4.78 is 13.6. The van der Waals surface area contributed by atoms with Gasteiger partial charge in [0.25, 0.3) is 5.91 Å². The largest absolute Gasteiger partial charge is 0.489 e. The Morgan fingerprint density at radius 1 is 1.33 bits per heavy atom. The molecular formula is C22H22BrN7O3. The van der Waals surface area contributed by atoms with Crippen LogP contribution in [0.1, 0.15) is 16.1 Å². The van der Waals surface area contributed by atoms with Crippen LogP contribution >= 0.6 is 15.9 Å². The first-order valence-electron chi connectivity index (χ1n) is 9.99. The van der Waals surface area contributed by atoms with Crippen LogP contribution in [0.4, 0.5) is 0 Å². The molecule has 1 N–H and O–H groups in total. The highest BCUT2D eigenvalue weighted by Crippen LogP contribution is 2.33. The van der Waals surface area contributed by atoms with E-state index in [2.05, 4.69) is 47.8 Å². The molecule has 0 aliphatic heterocycles. The number of likely N-dealkylation sites (N-methyl/N-ethyl adjacent to an activating group) is 1. The SMILES string of the molecule is C=Cc1cn(C)nc1C(=O)N(C)CCOc1cnc(OC)cc1-c1cc2c(Br)n[nH]c2cn1. The number of rotatable bonds is 8. The second kappa shape index (κ2) is 9.41. The number of hydrogen-bond donors (Lipinski definition) is 1. The average Bonchev–Trinajstić information content (AvgIpc) is 3.40. The third kappa shape index (κ3) is 4.58. The molecule has 0 saturated carbocycles. The van der Waals surface area contributed by atoms with E-state index in [-0.39, 0.29) is 12.5 Å². The van der Waals surface area contributed by atoms with Crippen LogP contribution in [0.5, 0.6) is 11.6 Å². The minimum Gasteiger partial charge on any atom is -0.489 e. The Morgan fingerprint density at radius 2 is 2.15 bits per heavy atom. The molecular weight excluding hydrogens is 490 g/mol. The van der Waals surface area contributed by atoms with Crippen LogP contribution in [-0.4, -0.2) is 68.1 Å². The maximum atomic E-state index is 12.8. The van der Waals surface area contributed by atoms with Crippen molar-refractivity contribution in [1.29, 1.82) is 0 Å². The molecule has 0 aliphatic carbocycles. The number of methoxy groups -OCH3 is 1. The summed E-state index contributed by atoms with van der Waals surface area (Å²) in [5, 5.41) is 12.2. The monoisotopic (exact) mass is 511 g/mol. The molecule has 170 valence electrons. The summed E-state index contributed by atoms with van der Waals surface area (Å²) in [6.45, 7) is 4.33. The number of nitrogens with zero attached hydrogens (tertiary/aromatic N) is 6. The summed E-state index contributed by atoms with van der Waals surface area (Å²) in [5.41, 5.74) is 3.23. The van der Waals surface area contributed by atoms with Crippen LogP contribution in [0.3, 0.4) is 0 Å². The molecule has 1 amide bonds. The Bertz CT molecular complexity index is 1330. The number of aryl methyl sites for hydroxylation is 1. The van der Waals surface area contributed by atoms with E-state index in [0.29, 0.717) is 45.3 Å². The summed E-state index contributed by atoms with van der Waals surface area (Å²) in [7, 11) is 5.01. The number of nitrogens with one attached hydrogen (secondary N) is 1. The van der Waals surface area contributed by atoms with Crippen LogP contribution in [-0.2, 0) is 7.05 Å². The van der Waals surface area contributed by atoms with Gasteiger partial charge in [0.05, 0.1) is 37.3 Å². The highest BCUT2D eigenvalue weighted by Gasteiger charge is 2.19. The fourth-order valence-electron chi connectivity index (χ4n) is 3.28. The molecule has 4 heterocycles. The first-order valence-corrected chi connectivity index (χ1v) is 10.8. The van der Waals surface area contributed by atoms with Gasteiger partial charge in [-0.3, -0.25) is 19.6 Å². The third-order valence-electron chi connectivity index (χ3n) is 5.04. The van der Waals surface area contributed by atoms with Crippen molar-refractivity contribution in [3.8, 4) is 22.9 Å². The second-order valence-corrected chi connectivity index (χ2v) is 7.99. The van der Waals surface area contributed by atoms with Gasteiger partial charge < -0.3 is 14.4 Å². The summed E-state index contributed by atoms with van der Waals surface area (Å²) >= 11 is 3.43. The lowest BCUT2D eigenvalue weighted by atomic mass is 10.1. The van der Waals surface area contributed by atoms with Gasteiger partial charge in [0, 0.05) is 42.9 Å². The minimum absolute atomic E-state index is 0.209. The second-order valence-electron chi connectivity index (χ2n) is 7.24. The third-order valence-corrected chi connectivity index (χ3v) is 5.64. The number of aromatic nitrogens is 6. The Balaban J connectivity index is 1.52. The van der Waals surface area contributed by atoms with Crippen LogP contribution in [0.25, 0.3) is 28.2 Å². The van der Waals surface area contributed by atoms with Crippen LogP contribution in [0, 0.1) is 0 Å². The van der Waals surface area contributed by atoms with E-state index in [1.165, 1.54) is 0 Å². The Hall–Kier alpha value is -3.73. The van der Waals surface area contributed by atoms with Crippen LogP contribution in [0.2, 0.25) is 0 Å². The molecule has 0 aliphatic rings.